The summed E-state index contributed by atoms with van der Waals surface area (Å²) >= 11 is 0. The minimum atomic E-state index is -5.20. The molecule has 0 saturated carbocycles. The molecular formula is C15H11F6O3P. The van der Waals surface area contributed by atoms with E-state index in [-0.39, 0.29) is 6.07 Å². The largest absolute Gasteiger partial charge is 0.419 e. The van der Waals surface area contributed by atoms with Crippen molar-refractivity contribution >= 4 is 12.9 Å². The van der Waals surface area contributed by atoms with Crippen molar-refractivity contribution in [1.29, 1.82) is 0 Å². The highest BCUT2D eigenvalue weighted by molar-refractivity contribution is 7.61. The number of halogens is 6. The molecule has 0 aliphatic carbocycles. The average molecular weight is 384 g/mol. The Morgan fingerprint density at radius 3 is 2.04 bits per heavy atom. The summed E-state index contributed by atoms with van der Waals surface area (Å²) in [5.74, 6) is 0. The Hall–Kier alpha value is -1.83. The number of alkyl halides is 6. The van der Waals surface area contributed by atoms with Gasteiger partial charge in [0.2, 0.25) is 0 Å². The van der Waals surface area contributed by atoms with E-state index in [0.29, 0.717) is 6.07 Å². The van der Waals surface area contributed by atoms with Crippen LogP contribution in [-0.2, 0) is 15.3 Å². The van der Waals surface area contributed by atoms with Gasteiger partial charge in [0.1, 0.15) is 0 Å². The molecule has 0 aliphatic heterocycles. The van der Waals surface area contributed by atoms with Crippen LogP contribution in [0.25, 0.3) is 0 Å². The molecule has 0 spiro atoms. The van der Waals surface area contributed by atoms with Gasteiger partial charge < -0.3 is 4.89 Å². The smallest absolute Gasteiger partial charge is 0.321 e. The summed E-state index contributed by atoms with van der Waals surface area (Å²) in [5, 5.41) is -0.406. The van der Waals surface area contributed by atoms with Crippen LogP contribution >= 0.6 is 7.60 Å². The first kappa shape index (κ1) is 19.5. The molecule has 2 aromatic carbocycles. The van der Waals surface area contributed by atoms with Crippen LogP contribution in [0.2, 0.25) is 0 Å². The Morgan fingerprint density at radius 1 is 0.920 bits per heavy atom. The summed E-state index contributed by atoms with van der Waals surface area (Å²) in [6.45, 7) is 0. The SMILES string of the molecule is O=P(O)(O[C@@H](c1cccc(C(F)(F)F)c1)C(F)(F)F)c1ccccc1. The van der Waals surface area contributed by atoms with E-state index in [2.05, 4.69) is 4.52 Å². The zero-order valence-electron chi connectivity index (χ0n) is 12.3. The van der Waals surface area contributed by atoms with Gasteiger partial charge >= 0.3 is 19.9 Å². The van der Waals surface area contributed by atoms with E-state index < -0.39 is 42.5 Å². The number of hydrogen-bond donors (Lipinski definition) is 1. The zero-order chi connectivity index (χ0) is 18.9. The van der Waals surface area contributed by atoms with Crippen molar-refractivity contribution in [3.63, 3.8) is 0 Å². The highest BCUT2D eigenvalue weighted by atomic mass is 31.2. The van der Waals surface area contributed by atoms with Crippen molar-refractivity contribution in [2.75, 3.05) is 0 Å². The molecule has 0 bridgehead atoms. The van der Waals surface area contributed by atoms with Gasteiger partial charge in [-0.25, -0.2) is 0 Å². The summed E-state index contributed by atoms with van der Waals surface area (Å²) in [7, 11) is -4.92. The van der Waals surface area contributed by atoms with E-state index in [1.807, 2.05) is 0 Å². The van der Waals surface area contributed by atoms with Crippen LogP contribution in [0.3, 0.4) is 0 Å². The first-order valence-corrected chi connectivity index (χ1v) is 8.30. The summed E-state index contributed by atoms with van der Waals surface area (Å²) in [5.41, 5.74) is -2.25. The topological polar surface area (TPSA) is 46.5 Å². The second-order valence-electron chi connectivity index (χ2n) is 5.01. The molecule has 2 rings (SSSR count). The fourth-order valence-corrected chi connectivity index (χ4v) is 3.21. The molecule has 2 aromatic rings. The van der Waals surface area contributed by atoms with Crippen LogP contribution in [-0.4, -0.2) is 11.1 Å². The van der Waals surface area contributed by atoms with Crippen molar-refractivity contribution in [3.8, 4) is 0 Å². The fraction of sp³-hybridized carbons (Fsp3) is 0.200. The Bertz CT molecular complexity index is 773. The molecule has 2 atom stereocenters. The molecule has 0 heterocycles. The second kappa shape index (κ2) is 6.82. The maximum Gasteiger partial charge on any atom is 0.419 e. The number of hydrogen-bond acceptors (Lipinski definition) is 2. The molecular weight excluding hydrogens is 373 g/mol. The van der Waals surface area contributed by atoms with Crippen LogP contribution in [0.4, 0.5) is 26.3 Å². The van der Waals surface area contributed by atoms with Crippen molar-refractivity contribution in [3.05, 3.63) is 65.7 Å². The minimum Gasteiger partial charge on any atom is -0.321 e. The normalized spacial score (nSPS) is 16.3. The molecule has 0 aromatic heterocycles. The summed E-state index contributed by atoms with van der Waals surface area (Å²) < 4.78 is 94.3. The van der Waals surface area contributed by atoms with E-state index in [4.69, 9.17) is 0 Å². The molecule has 0 saturated heterocycles. The van der Waals surface area contributed by atoms with Crippen LogP contribution in [0.1, 0.15) is 17.2 Å². The van der Waals surface area contributed by atoms with Gasteiger partial charge in [0.05, 0.1) is 10.9 Å². The summed E-state index contributed by atoms with van der Waals surface area (Å²) in [4.78, 5) is 9.82. The molecule has 1 unspecified atom stereocenters. The predicted molar refractivity (Wildman–Crippen MR) is 77.2 cm³/mol. The highest BCUT2D eigenvalue weighted by Gasteiger charge is 2.47. The molecule has 3 nitrogen and oxygen atoms in total. The average Bonchev–Trinajstić information content (AvgIpc) is 2.52. The third kappa shape index (κ3) is 4.84. The van der Waals surface area contributed by atoms with Crippen molar-refractivity contribution < 1.29 is 40.3 Å². The van der Waals surface area contributed by atoms with Crippen LogP contribution < -0.4 is 5.30 Å². The predicted octanol–water partition coefficient (Wildman–Crippen LogP) is 4.84. The lowest BCUT2D eigenvalue weighted by atomic mass is 10.1. The zero-order valence-corrected chi connectivity index (χ0v) is 13.1. The second-order valence-corrected chi connectivity index (χ2v) is 6.77. The summed E-state index contributed by atoms with van der Waals surface area (Å²) in [6.07, 6.45) is -13.1. The van der Waals surface area contributed by atoms with E-state index in [0.717, 1.165) is 24.3 Å². The molecule has 25 heavy (non-hydrogen) atoms. The van der Waals surface area contributed by atoms with Crippen molar-refractivity contribution in [2.24, 2.45) is 0 Å². The van der Waals surface area contributed by atoms with E-state index in [1.54, 1.807) is 0 Å². The van der Waals surface area contributed by atoms with Crippen molar-refractivity contribution in [1.82, 2.24) is 0 Å². The maximum absolute atomic E-state index is 13.2. The quantitative estimate of drug-likeness (QED) is 0.607. The van der Waals surface area contributed by atoms with Crippen molar-refractivity contribution in [2.45, 2.75) is 18.5 Å². The number of rotatable bonds is 4. The van der Waals surface area contributed by atoms with E-state index >= 15 is 0 Å². The lowest BCUT2D eigenvalue weighted by Gasteiger charge is -2.24. The molecule has 0 fully saturated rings. The Balaban J connectivity index is 2.44. The Labute approximate surface area is 138 Å². The first-order chi connectivity index (χ1) is 11.4. The summed E-state index contributed by atoms with van der Waals surface area (Å²) in [6, 6.07) is 8.61. The third-order valence-electron chi connectivity index (χ3n) is 3.14. The van der Waals surface area contributed by atoms with Gasteiger partial charge in [0, 0.05) is 0 Å². The Kier molecular flexibility index (Phi) is 5.32. The first-order valence-electron chi connectivity index (χ1n) is 6.72. The molecule has 0 amide bonds. The highest BCUT2D eigenvalue weighted by Crippen LogP contribution is 2.51. The Morgan fingerprint density at radius 2 is 1.52 bits per heavy atom. The van der Waals surface area contributed by atoms with Crippen LogP contribution in [0.15, 0.2) is 54.6 Å². The van der Waals surface area contributed by atoms with Gasteiger partial charge in [-0.2, -0.15) is 26.3 Å². The molecule has 10 heteroatoms. The third-order valence-corrected chi connectivity index (χ3v) is 4.59. The molecule has 0 aliphatic rings. The molecule has 0 radical (unpaired) electrons. The van der Waals surface area contributed by atoms with Gasteiger partial charge in [0.15, 0.2) is 6.10 Å². The van der Waals surface area contributed by atoms with Crippen LogP contribution in [0.5, 0.6) is 0 Å². The number of benzene rings is 2. The van der Waals surface area contributed by atoms with Gasteiger partial charge in [-0.3, -0.25) is 9.09 Å². The monoisotopic (exact) mass is 384 g/mol. The van der Waals surface area contributed by atoms with Gasteiger partial charge in [0.25, 0.3) is 0 Å². The maximum atomic E-state index is 13.2. The minimum absolute atomic E-state index is 0.239. The molecule has 136 valence electrons. The van der Waals surface area contributed by atoms with Gasteiger partial charge in [-0.1, -0.05) is 30.3 Å². The van der Waals surface area contributed by atoms with E-state index in [1.165, 1.54) is 18.2 Å². The van der Waals surface area contributed by atoms with Gasteiger partial charge in [-0.15, -0.1) is 0 Å². The van der Waals surface area contributed by atoms with E-state index in [9.17, 15) is 35.8 Å². The lowest BCUT2D eigenvalue weighted by Crippen LogP contribution is -2.25. The standard InChI is InChI=1S/C15H11F6O3P/c16-14(17,18)11-6-4-5-10(9-11)13(15(19,20)21)24-25(22,23)12-7-2-1-3-8-12/h1-9,13H,(H,22,23)/t13-/m0/s1. The van der Waals surface area contributed by atoms with Crippen LogP contribution in [0, 0.1) is 0 Å². The molecule has 1 N–H and O–H groups in total. The lowest BCUT2D eigenvalue weighted by molar-refractivity contribution is -0.199. The van der Waals surface area contributed by atoms with Gasteiger partial charge in [-0.05, 0) is 29.8 Å². The fourth-order valence-electron chi connectivity index (χ4n) is 2.01.